The Labute approximate surface area is 148 Å². The first-order valence-corrected chi connectivity index (χ1v) is 10.5. The van der Waals surface area contributed by atoms with Crippen LogP contribution in [0.1, 0.15) is 46.0 Å². The highest BCUT2D eigenvalue weighted by atomic mass is 32.2. The Morgan fingerprint density at radius 1 is 1.24 bits per heavy atom. The highest BCUT2D eigenvalue weighted by Crippen LogP contribution is 2.40. The van der Waals surface area contributed by atoms with Gasteiger partial charge in [-0.15, -0.1) is 0 Å². The maximum atomic E-state index is 12.8. The van der Waals surface area contributed by atoms with Gasteiger partial charge in [0.2, 0.25) is 16.4 Å². The first-order chi connectivity index (χ1) is 11.7. The van der Waals surface area contributed by atoms with Crippen LogP contribution in [-0.2, 0) is 14.8 Å². The van der Waals surface area contributed by atoms with E-state index in [2.05, 4.69) is 15.6 Å². The van der Waals surface area contributed by atoms with Crippen LogP contribution in [0.4, 0.5) is 4.79 Å². The average Bonchev–Trinajstić information content (AvgIpc) is 3.00. The molecular weight excluding hydrogens is 346 g/mol. The van der Waals surface area contributed by atoms with Gasteiger partial charge >= 0.3 is 6.03 Å². The molecule has 2 amide bonds. The van der Waals surface area contributed by atoms with Crippen LogP contribution in [0.25, 0.3) is 0 Å². The van der Waals surface area contributed by atoms with Crippen LogP contribution >= 0.6 is 0 Å². The fourth-order valence-electron chi connectivity index (χ4n) is 4.17. The molecule has 10 heteroatoms. The summed E-state index contributed by atoms with van der Waals surface area (Å²) >= 11 is 0. The zero-order chi connectivity index (χ0) is 18.0. The molecular formula is C15H27N5O4S. The number of nitrogens with zero attached hydrogens (tertiary/aromatic N) is 2. The summed E-state index contributed by atoms with van der Waals surface area (Å²) < 4.78 is 34.2. The fourth-order valence-corrected chi connectivity index (χ4v) is 6.12. The molecule has 0 spiro atoms. The van der Waals surface area contributed by atoms with Gasteiger partial charge in [0, 0.05) is 12.6 Å². The molecule has 2 saturated carbocycles. The Hall–Kier alpha value is -0.940. The standard InChI is InChI=1S/C15H27N5O4S/c1-9-16-17-13(24-9)20-12-8-10(4-5-11(12)19(3)14(20)21)25(22,23)18-15(2)6-7-15/h9-13,16-18H,4-8H2,1-3H3. The van der Waals surface area contributed by atoms with Crippen molar-refractivity contribution in [2.24, 2.45) is 0 Å². The van der Waals surface area contributed by atoms with Crippen molar-refractivity contribution >= 4 is 16.1 Å². The van der Waals surface area contributed by atoms with Gasteiger partial charge < -0.3 is 9.64 Å². The van der Waals surface area contributed by atoms with E-state index >= 15 is 0 Å². The molecule has 9 nitrogen and oxygen atoms in total. The zero-order valence-electron chi connectivity index (χ0n) is 14.9. The molecule has 2 heterocycles. The first kappa shape index (κ1) is 17.5. The van der Waals surface area contributed by atoms with Gasteiger partial charge in [-0.25, -0.2) is 28.8 Å². The molecule has 0 aromatic carbocycles. The molecule has 0 aromatic rings. The molecule has 4 fully saturated rings. The van der Waals surface area contributed by atoms with Gasteiger partial charge in [-0.05, 0) is 46.0 Å². The SMILES string of the molecule is CC1NNC(N2C(=O)N(C)C3CCC(S(=O)(=O)NC4(C)CC4)CC32)O1. The molecule has 5 atom stereocenters. The van der Waals surface area contributed by atoms with Crippen molar-refractivity contribution in [1.82, 2.24) is 25.4 Å². The predicted octanol–water partition coefficient (Wildman–Crippen LogP) is -0.131. The fraction of sp³-hybridized carbons (Fsp3) is 0.933. The molecule has 2 saturated heterocycles. The van der Waals surface area contributed by atoms with Crippen molar-refractivity contribution in [1.29, 1.82) is 0 Å². The normalized spacial score (nSPS) is 40.4. The van der Waals surface area contributed by atoms with E-state index in [1.807, 2.05) is 13.8 Å². The number of hydrogen-bond donors (Lipinski definition) is 3. The Bertz CT molecular complexity index is 667. The number of fused-ring (bicyclic) bond motifs is 1. The van der Waals surface area contributed by atoms with Crippen LogP contribution in [-0.4, -0.2) is 66.7 Å². The third-order valence-electron chi connectivity index (χ3n) is 5.93. The van der Waals surface area contributed by atoms with E-state index in [-0.39, 0.29) is 29.9 Å². The van der Waals surface area contributed by atoms with Gasteiger partial charge in [-0.3, -0.25) is 4.90 Å². The summed E-state index contributed by atoms with van der Waals surface area (Å²) in [5.41, 5.74) is 5.65. The van der Waals surface area contributed by atoms with Crippen molar-refractivity contribution in [3.63, 3.8) is 0 Å². The summed E-state index contributed by atoms with van der Waals surface area (Å²) in [4.78, 5) is 16.1. The second-order valence-corrected chi connectivity index (χ2v) is 9.96. The average molecular weight is 373 g/mol. The molecule has 0 aromatic heterocycles. The molecule has 3 N–H and O–H groups in total. The molecule has 5 unspecified atom stereocenters. The zero-order valence-corrected chi connectivity index (χ0v) is 15.7. The number of ether oxygens (including phenoxy) is 1. The Morgan fingerprint density at radius 3 is 2.56 bits per heavy atom. The summed E-state index contributed by atoms with van der Waals surface area (Å²) in [6, 6.07) is -0.273. The van der Waals surface area contributed by atoms with E-state index in [1.54, 1.807) is 16.8 Å². The summed E-state index contributed by atoms with van der Waals surface area (Å²) in [7, 11) is -1.61. The lowest BCUT2D eigenvalue weighted by molar-refractivity contribution is -0.0488. The van der Waals surface area contributed by atoms with Crippen molar-refractivity contribution in [2.45, 2.75) is 81.4 Å². The quantitative estimate of drug-likeness (QED) is 0.634. The van der Waals surface area contributed by atoms with Crippen LogP contribution in [0, 0.1) is 0 Å². The second-order valence-electron chi connectivity index (χ2n) is 8.00. The molecule has 4 rings (SSSR count). The van der Waals surface area contributed by atoms with Gasteiger partial charge in [0.15, 0.2) is 0 Å². The first-order valence-electron chi connectivity index (χ1n) is 8.95. The predicted molar refractivity (Wildman–Crippen MR) is 90.5 cm³/mol. The summed E-state index contributed by atoms with van der Waals surface area (Å²) in [6.45, 7) is 3.79. The van der Waals surface area contributed by atoms with Crippen LogP contribution in [0.2, 0.25) is 0 Å². The van der Waals surface area contributed by atoms with E-state index in [0.717, 1.165) is 12.8 Å². The molecule has 4 aliphatic rings. The number of carbonyl (C=O) groups is 1. The number of hydrazine groups is 1. The summed E-state index contributed by atoms with van der Waals surface area (Å²) in [6.07, 6.45) is 2.69. The van der Waals surface area contributed by atoms with E-state index in [9.17, 15) is 13.2 Å². The van der Waals surface area contributed by atoms with Crippen molar-refractivity contribution in [2.75, 3.05) is 7.05 Å². The number of carbonyl (C=O) groups excluding carboxylic acids is 1. The Balaban J connectivity index is 1.53. The smallest absolute Gasteiger partial charge is 0.323 e. The van der Waals surface area contributed by atoms with Crippen LogP contribution in [0.3, 0.4) is 0 Å². The van der Waals surface area contributed by atoms with Crippen LogP contribution in [0.5, 0.6) is 0 Å². The molecule has 25 heavy (non-hydrogen) atoms. The largest absolute Gasteiger partial charge is 0.324 e. The minimum absolute atomic E-state index is 0.0248. The second kappa shape index (κ2) is 5.78. The molecule has 0 bridgehead atoms. The van der Waals surface area contributed by atoms with E-state index in [4.69, 9.17) is 4.74 Å². The number of likely N-dealkylation sites (N-methyl/N-ethyl adjacent to an activating group) is 1. The number of amides is 2. The van der Waals surface area contributed by atoms with Crippen molar-refractivity contribution in [3.05, 3.63) is 0 Å². The Morgan fingerprint density at radius 2 is 1.96 bits per heavy atom. The molecule has 2 aliphatic heterocycles. The molecule has 0 radical (unpaired) electrons. The van der Waals surface area contributed by atoms with Gasteiger partial charge in [0.25, 0.3) is 0 Å². The Kier molecular flexibility index (Phi) is 4.04. The van der Waals surface area contributed by atoms with Gasteiger partial charge in [-0.1, -0.05) is 0 Å². The maximum absolute atomic E-state index is 12.8. The van der Waals surface area contributed by atoms with Crippen LogP contribution in [0.15, 0.2) is 0 Å². The number of rotatable bonds is 4. The molecule has 2 aliphatic carbocycles. The van der Waals surface area contributed by atoms with Crippen molar-refractivity contribution < 1.29 is 17.9 Å². The van der Waals surface area contributed by atoms with E-state index < -0.39 is 21.6 Å². The van der Waals surface area contributed by atoms with Gasteiger partial charge in [-0.2, -0.15) is 0 Å². The van der Waals surface area contributed by atoms with Crippen molar-refractivity contribution in [3.8, 4) is 0 Å². The van der Waals surface area contributed by atoms with E-state index in [0.29, 0.717) is 19.3 Å². The number of nitrogens with one attached hydrogen (secondary N) is 3. The maximum Gasteiger partial charge on any atom is 0.323 e. The topological polar surface area (TPSA) is 103 Å². The van der Waals surface area contributed by atoms with Gasteiger partial charge in [0.05, 0.1) is 17.3 Å². The third-order valence-corrected chi connectivity index (χ3v) is 8.02. The third kappa shape index (κ3) is 3.03. The minimum atomic E-state index is -3.39. The summed E-state index contributed by atoms with van der Waals surface area (Å²) in [5.74, 6) is 0. The highest BCUT2D eigenvalue weighted by molar-refractivity contribution is 7.90. The monoisotopic (exact) mass is 373 g/mol. The lowest BCUT2D eigenvalue weighted by atomic mass is 9.90. The lowest BCUT2D eigenvalue weighted by Gasteiger charge is -2.37. The number of sulfonamides is 1. The number of hydrogen-bond acceptors (Lipinski definition) is 6. The van der Waals surface area contributed by atoms with Crippen LogP contribution < -0.4 is 15.6 Å². The van der Waals surface area contributed by atoms with E-state index in [1.165, 1.54) is 0 Å². The summed E-state index contributed by atoms with van der Waals surface area (Å²) in [5, 5.41) is -0.472. The minimum Gasteiger partial charge on any atom is -0.324 e. The molecule has 142 valence electrons. The lowest BCUT2D eigenvalue weighted by Crippen LogP contribution is -2.54. The highest BCUT2D eigenvalue weighted by Gasteiger charge is 2.53. The van der Waals surface area contributed by atoms with Gasteiger partial charge in [0.1, 0.15) is 6.23 Å². The number of urea groups is 1.